The number of fused-ring (bicyclic) bond motifs is 1. The fourth-order valence-corrected chi connectivity index (χ4v) is 3.25. The minimum atomic E-state index is -0.583. The monoisotopic (exact) mass is 452 g/mol. The molecule has 0 spiro atoms. The molecule has 174 valence electrons. The number of esters is 1. The molecule has 10 nitrogen and oxygen atoms in total. The largest absolute Gasteiger partial charge is 0.469 e. The van der Waals surface area contributed by atoms with Gasteiger partial charge in [0, 0.05) is 25.4 Å². The molecule has 0 bridgehead atoms. The van der Waals surface area contributed by atoms with Crippen LogP contribution in [0.4, 0.5) is 5.95 Å². The zero-order valence-corrected chi connectivity index (χ0v) is 18.5. The number of hydrogen-bond donors (Lipinski definition) is 4. The number of aromatic amines is 1. The van der Waals surface area contributed by atoms with E-state index < -0.39 is 17.9 Å². The molecular formula is C23H28N6O4. The highest BCUT2D eigenvalue weighted by atomic mass is 16.5. The second kappa shape index (κ2) is 12.2. The number of methoxy groups -OCH3 is 1. The Kier molecular flexibility index (Phi) is 8.75. The van der Waals surface area contributed by atoms with E-state index in [2.05, 4.69) is 30.9 Å². The minimum Gasteiger partial charge on any atom is -0.469 e. The molecule has 0 saturated carbocycles. The summed E-state index contributed by atoms with van der Waals surface area (Å²) in [6.07, 6.45) is 4.91. The third-order valence-corrected chi connectivity index (χ3v) is 4.98. The van der Waals surface area contributed by atoms with Gasteiger partial charge in [-0.05, 0) is 36.6 Å². The van der Waals surface area contributed by atoms with Gasteiger partial charge in [0.25, 0.3) is 0 Å². The molecule has 3 rings (SSSR count). The maximum atomic E-state index is 12.3. The number of anilines is 1. The van der Waals surface area contributed by atoms with Crippen LogP contribution in [-0.4, -0.2) is 52.9 Å². The third kappa shape index (κ3) is 7.60. The van der Waals surface area contributed by atoms with Gasteiger partial charge in [0.15, 0.2) is 0 Å². The topological polar surface area (TPSA) is 138 Å². The molecule has 1 aromatic carbocycles. The van der Waals surface area contributed by atoms with Crippen molar-refractivity contribution < 1.29 is 19.1 Å². The van der Waals surface area contributed by atoms with Crippen LogP contribution >= 0.6 is 0 Å². The van der Waals surface area contributed by atoms with Gasteiger partial charge in [-0.1, -0.05) is 18.2 Å². The van der Waals surface area contributed by atoms with Crippen LogP contribution in [0.3, 0.4) is 0 Å². The maximum absolute atomic E-state index is 12.3. The molecule has 1 atom stereocenters. The van der Waals surface area contributed by atoms with Crippen molar-refractivity contribution >= 4 is 34.8 Å². The molecule has 2 amide bonds. The average molecular weight is 453 g/mol. The number of rotatable bonds is 12. The zero-order chi connectivity index (χ0) is 23.5. The summed E-state index contributed by atoms with van der Waals surface area (Å²) >= 11 is 0. The number of hydrogen-bond acceptors (Lipinski definition) is 7. The highest BCUT2D eigenvalue weighted by Crippen LogP contribution is 2.16. The molecule has 2 heterocycles. The number of nitrogens with one attached hydrogen (secondary N) is 4. The second-order valence-corrected chi connectivity index (χ2v) is 7.45. The second-order valence-electron chi connectivity index (χ2n) is 7.45. The van der Waals surface area contributed by atoms with Crippen molar-refractivity contribution in [2.75, 3.05) is 25.5 Å². The van der Waals surface area contributed by atoms with Gasteiger partial charge < -0.3 is 25.7 Å². The number of para-hydroxylation sites is 2. The minimum absolute atomic E-state index is 0.0277. The van der Waals surface area contributed by atoms with Crippen molar-refractivity contribution in [3.8, 4) is 0 Å². The van der Waals surface area contributed by atoms with E-state index in [0.29, 0.717) is 30.9 Å². The van der Waals surface area contributed by atoms with E-state index >= 15 is 0 Å². The first-order chi connectivity index (χ1) is 16.0. The summed E-state index contributed by atoms with van der Waals surface area (Å²) in [5, 5.41) is 8.57. The van der Waals surface area contributed by atoms with E-state index in [0.717, 1.165) is 17.5 Å². The van der Waals surface area contributed by atoms with Crippen LogP contribution in [-0.2, 0) is 19.1 Å². The van der Waals surface area contributed by atoms with Crippen LogP contribution in [0, 0.1) is 0 Å². The van der Waals surface area contributed by atoms with Crippen LogP contribution in [0.5, 0.6) is 0 Å². The Bertz CT molecular complexity index is 1040. The summed E-state index contributed by atoms with van der Waals surface area (Å²) in [7, 11) is 1.29. The van der Waals surface area contributed by atoms with E-state index in [1.54, 1.807) is 24.5 Å². The Morgan fingerprint density at radius 2 is 1.94 bits per heavy atom. The molecule has 10 heteroatoms. The van der Waals surface area contributed by atoms with Gasteiger partial charge in [0.05, 0.1) is 37.2 Å². The van der Waals surface area contributed by atoms with E-state index in [4.69, 9.17) is 4.74 Å². The van der Waals surface area contributed by atoms with Crippen molar-refractivity contribution in [3.63, 3.8) is 0 Å². The van der Waals surface area contributed by atoms with Crippen molar-refractivity contribution in [2.45, 2.75) is 31.7 Å². The normalized spacial score (nSPS) is 11.5. The lowest BCUT2D eigenvalue weighted by Gasteiger charge is -2.18. The van der Waals surface area contributed by atoms with Crippen LogP contribution < -0.4 is 16.0 Å². The Balaban J connectivity index is 1.34. The quantitative estimate of drug-likeness (QED) is 0.244. The Morgan fingerprint density at radius 1 is 1.09 bits per heavy atom. The molecular weight excluding hydrogens is 424 g/mol. The number of unbranched alkanes of at least 4 members (excludes halogenated alkanes) is 1. The Labute approximate surface area is 191 Å². The van der Waals surface area contributed by atoms with E-state index in [-0.39, 0.29) is 18.9 Å². The van der Waals surface area contributed by atoms with Gasteiger partial charge in [0.1, 0.15) is 0 Å². The van der Waals surface area contributed by atoms with Gasteiger partial charge in [-0.15, -0.1) is 0 Å². The molecule has 33 heavy (non-hydrogen) atoms. The summed E-state index contributed by atoms with van der Waals surface area (Å²) in [6.45, 7) is 0.502. The SMILES string of the molecule is COC(=O)CC(NC(=O)CNC(=O)CCCCNc1nc2ccccc2[nH]1)c1cccnc1. The number of aromatic nitrogens is 3. The average Bonchev–Trinajstić information content (AvgIpc) is 3.25. The first kappa shape index (κ1) is 23.7. The molecule has 0 aliphatic rings. The summed E-state index contributed by atoms with van der Waals surface area (Å²) in [6, 6.07) is 10.7. The van der Waals surface area contributed by atoms with Crippen molar-refractivity contribution in [1.82, 2.24) is 25.6 Å². The smallest absolute Gasteiger partial charge is 0.307 e. The van der Waals surface area contributed by atoms with Gasteiger partial charge in [-0.3, -0.25) is 19.4 Å². The van der Waals surface area contributed by atoms with Crippen molar-refractivity contribution in [2.24, 2.45) is 0 Å². The molecule has 4 N–H and O–H groups in total. The molecule has 0 aliphatic carbocycles. The van der Waals surface area contributed by atoms with Crippen LogP contribution in [0.25, 0.3) is 11.0 Å². The third-order valence-electron chi connectivity index (χ3n) is 4.98. The van der Waals surface area contributed by atoms with Crippen molar-refractivity contribution in [3.05, 3.63) is 54.4 Å². The standard InChI is InChI=1S/C23H28N6O4/c1-33-22(32)13-19(16-7-6-11-24-14-16)27-21(31)15-26-20(30)10-4-5-12-25-23-28-17-8-2-3-9-18(17)29-23/h2-3,6-9,11,14,19H,4-5,10,12-13,15H2,1H3,(H,26,30)(H,27,31)(H2,25,28,29). The number of pyridine rings is 1. The maximum Gasteiger partial charge on any atom is 0.307 e. The summed E-state index contributed by atoms with van der Waals surface area (Å²) < 4.78 is 4.70. The van der Waals surface area contributed by atoms with Gasteiger partial charge in [0.2, 0.25) is 17.8 Å². The fraction of sp³-hybridized carbons (Fsp3) is 0.348. The number of H-pyrrole nitrogens is 1. The number of carbonyl (C=O) groups is 3. The molecule has 0 saturated heterocycles. The fourth-order valence-electron chi connectivity index (χ4n) is 3.25. The zero-order valence-electron chi connectivity index (χ0n) is 18.5. The number of amides is 2. The molecule has 3 aromatic rings. The van der Waals surface area contributed by atoms with E-state index in [1.807, 2.05) is 24.3 Å². The molecule has 0 aliphatic heterocycles. The molecule has 0 fully saturated rings. The van der Waals surface area contributed by atoms with Crippen LogP contribution in [0.2, 0.25) is 0 Å². The first-order valence-corrected chi connectivity index (χ1v) is 10.8. The molecule has 0 radical (unpaired) electrons. The predicted molar refractivity (Wildman–Crippen MR) is 123 cm³/mol. The number of imidazole rings is 1. The highest BCUT2D eigenvalue weighted by Gasteiger charge is 2.19. The van der Waals surface area contributed by atoms with Gasteiger partial charge in [-0.2, -0.15) is 0 Å². The van der Waals surface area contributed by atoms with E-state index in [9.17, 15) is 14.4 Å². The molecule has 1 unspecified atom stereocenters. The Hall–Kier alpha value is -3.95. The summed E-state index contributed by atoms with van der Waals surface area (Å²) in [4.78, 5) is 47.7. The van der Waals surface area contributed by atoms with E-state index in [1.165, 1.54) is 7.11 Å². The molecule has 2 aromatic heterocycles. The number of carbonyl (C=O) groups excluding carboxylic acids is 3. The Morgan fingerprint density at radius 3 is 2.70 bits per heavy atom. The predicted octanol–water partition coefficient (Wildman–Crippen LogP) is 2.08. The van der Waals surface area contributed by atoms with Crippen LogP contribution in [0.15, 0.2) is 48.8 Å². The lowest BCUT2D eigenvalue weighted by atomic mass is 10.1. The van der Waals surface area contributed by atoms with Gasteiger partial charge in [-0.25, -0.2) is 4.98 Å². The number of benzene rings is 1. The summed E-state index contributed by atoms with van der Waals surface area (Å²) in [5.41, 5.74) is 2.55. The van der Waals surface area contributed by atoms with Crippen LogP contribution in [0.1, 0.15) is 37.3 Å². The van der Waals surface area contributed by atoms with Crippen molar-refractivity contribution in [1.29, 1.82) is 0 Å². The lowest BCUT2D eigenvalue weighted by Crippen LogP contribution is -2.39. The number of ether oxygens (including phenoxy) is 1. The first-order valence-electron chi connectivity index (χ1n) is 10.8. The van der Waals surface area contributed by atoms with Gasteiger partial charge >= 0.3 is 5.97 Å². The summed E-state index contributed by atoms with van der Waals surface area (Å²) in [5.74, 6) is -0.357. The highest BCUT2D eigenvalue weighted by molar-refractivity contribution is 5.85. The number of nitrogens with zero attached hydrogens (tertiary/aromatic N) is 2. The lowest BCUT2D eigenvalue weighted by molar-refractivity contribution is -0.141.